The van der Waals surface area contributed by atoms with E-state index >= 15 is 0 Å². The first-order valence-electron chi connectivity index (χ1n) is 5.67. The molecule has 0 aromatic heterocycles. The van der Waals surface area contributed by atoms with Crippen LogP contribution in [0.3, 0.4) is 0 Å². The van der Waals surface area contributed by atoms with E-state index < -0.39 is 0 Å². The van der Waals surface area contributed by atoms with E-state index in [4.69, 9.17) is 22.1 Å². The lowest BCUT2D eigenvalue weighted by molar-refractivity contribution is 0.252. The zero-order chi connectivity index (χ0) is 11.8. The summed E-state index contributed by atoms with van der Waals surface area (Å²) in [6, 6.07) is 4.14. The monoisotopic (exact) mass is 239 g/mol. The van der Waals surface area contributed by atoms with Crippen molar-refractivity contribution >= 4 is 11.6 Å². The molecular weight excluding hydrogens is 222 g/mol. The Hall–Kier alpha value is -0.730. The third-order valence-electron chi connectivity index (χ3n) is 3.83. The molecule has 1 fully saturated rings. The molecule has 1 saturated carbocycles. The molecule has 0 saturated heterocycles. The minimum atomic E-state index is 0.143. The highest BCUT2D eigenvalue weighted by atomic mass is 35.5. The average molecular weight is 240 g/mol. The van der Waals surface area contributed by atoms with Crippen LogP contribution in [0, 0.1) is 6.92 Å². The summed E-state index contributed by atoms with van der Waals surface area (Å²) < 4.78 is 5.35. The number of rotatable bonds is 3. The van der Waals surface area contributed by atoms with E-state index in [1.54, 1.807) is 7.11 Å². The quantitative estimate of drug-likeness (QED) is 0.880. The van der Waals surface area contributed by atoms with E-state index in [0.717, 1.165) is 29.2 Å². The maximum absolute atomic E-state index is 6.22. The van der Waals surface area contributed by atoms with Gasteiger partial charge in [-0.15, -0.1) is 0 Å². The normalized spacial score (nSPS) is 18.0. The van der Waals surface area contributed by atoms with Crippen LogP contribution in [0.5, 0.6) is 5.75 Å². The van der Waals surface area contributed by atoms with Crippen molar-refractivity contribution in [3.8, 4) is 5.75 Å². The number of hydrogen-bond donors (Lipinski definition) is 1. The molecule has 1 aliphatic rings. The molecule has 88 valence electrons. The van der Waals surface area contributed by atoms with Gasteiger partial charge in [0.15, 0.2) is 0 Å². The largest absolute Gasteiger partial charge is 0.496 e. The van der Waals surface area contributed by atoms with Crippen LogP contribution in [0.25, 0.3) is 0 Å². The summed E-state index contributed by atoms with van der Waals surface area (Å²) in [5.74, 6) is 0.863. The second-order valence-corrected chi connectivity index (χ2v) is 5.03. The number of methoxy groups -OCH3 is 1. The molecule has 2 N–H and O–H groups in total. The van der Waals surface area contributed by atoms with E-state index in [2.05, 4.69) is 6.07 Å². The van der Waals surface area contributed by atoms with Crippen LogP contribution in [-0.4, -0.2) is 13.7 Å². The molecule has 0 atom stereocenters. The maximum atomic E-state index is 6.22. The first-order chi connectivity index (χ1) is 7.63. The van der Waals surface area contributed by atoms with E-state index in [-0.39, 0.29) is 5.41 Å². The lowest BCUT2D eigenvalue weighted by Gasteiger charge is -2.41. The smallest absolute Gasteiger partial charge is 0.123 e. The molecule has 0 radical (unpaired) electrons. The van der Waals surface area contributed by atoms with Gasteiger partial charge in [0.05, 0.1) is 7.11 Å². The number of hydrogen-bond acceptors (Lipinski definition) is 2. The summed E-state index contributed by atoms with van der Waals surface area (Å²) in [7, 11) is 1.68. The zero-order valence-electron chi connectivity index (χ0n) is 9.85. The molecule has 1 aliphatic carbocycles. The molecule has 0 aliphatic heterocycles. The van der Waals surface area contributed by atoms with Crippen molar-refractivity contribution in [3.63, 3.8) is 0 Å². The standard InChI is InChI=1S/C13H18ClNO/c1-9-11(14)6-10(7-12(9)16-2)13(8-15)4-3-5-13/h6-7H,3-5,8,15H2,1-2H3. The van der Waals surface area contributed by atoms with Crippen LogP contribution in [0.15, 0.2) is 12.1 Å². The molecule has 1 aromatic rings. The highest BCUT2D eigenvalue weighted by Crippen LogP contribution is 2.45. The molecule has 0 amide bonds. The van der Waals surface area contributed by atoms with Gasteiger partial charge in [0, 0.05) is 22.5 Å². The van der Waals surface area contributed by atoms with Crippen LogP contribution in [0.1, 0.15) is 30.4 Å². The summed E-state index contributed by atoms with van der Waals surface area (Å²) in [5.41, 5.74) is 8.27. The Morgan fingerprint density at radius 2 is 2.12 bits per heavy atom. The molecule has 0 unspecified atom stereocenters. The fourth-order valence-electron chi connectivity index (χ4n) is 2.39. The third kappa shape index (κ3) is 1.70. The van der Waals surface area contributed by atoms with E-state index in [0.29, 0.717) is 6.54 Å². The first-order valence-corrected chi connectivity index (χ1v) is 6.05. The molecule has 3 heteroatoms. The van der Waals surface area contributed by atoms with Crippen LogP contribution >= 0.6 is 11.6 Å². The Bertz CT molecular complexity index is 394. The summed E-state index contributed by atoms with van der Waals surface area (Å²) in [6.07, 6.45) is 3.57. The predicted octanol–water partition coefficient (Wildman–Crippen LogP) is 3.04. The van der Waals surface area contributed by atoms with Gasteiger partial charge in [-0.2, -0.15) is 0 Å². The summed E-state index contributed by atoms with van der Waals surface area (Å²) >= 11 is 6.22. The minimum Gasteiger partial charge on any atom is -0.496 e. The van der Waals surface area contributed by atoms with Gasteiger partial charge in [-0.25, -0.2) is 0 Å². The Labute approximate surface area is 102 Å². The molecule has 2 nitrogen and oxygen atoms in total. The van der Waals surface area contributed by atoms with Crippen LogP contribution in [0.2, 0.25) is 5.02 Å². The van der Waals surface area contributed by atoms with Crippen molar-refractivity contribution < 1.29 is 4.74 Å². The van der Waals surface area contributed by atoms with Crippen molar-refractivity contribution in [2.45, 2.75) is 31.6 Å². The Kier molecular flexibility index (Phi) is 3.13. The topological polar surface area (TPSA) is 35.2 Å². The Morgan fingerprint density at radius 3 is 2.56 bits per heavy atom. The fraction of sp³-hybridized carbons (Fsp3) is 0.538. The van der Waals surface area contributed by atoms with E-state index in [9.17, 15) is 0 Å². The van der Waals surface area contributed by atoms with Gasteiger partial charge in [-0.05, 0) is 37.5 Å². The van der Waals surface area contributed by atoms with Crippen molar-refractivity contribution in [1.82, 2.24) is 0 Å². The minimum absolute atomic E-state index is 0.143. The third-order valence-corrected chi connectivity index (χ3v) is 4.22. The van der Waals surface area contributed by atoms with E-state index in [1.165, 1.54) is 12.0 Å². The second kappa shape index (κ2) is 4.27. The van der Waals surface area contributed by atoms with Gasteiger partial charge in [0.2, 0.25) is 0 Å². The SMILES string of the molecule is COc1cc(C2(CN)CCC2)cc(Cl)c1C. The lowest BCUT2D eigenvalue weighted by atomic mass is 9.64. The highest BCUT2D eigenvalue weighted by molar-refractivity contribution is 6.31. The second-order valence-electron chi connectivity index (χ2n) is 4.62. The van der Waals surface area contributed by atoms with Crippen molar-refractivity contribution in [2.75, 3.05) is 13.7 Å². The van der Waals surface area contributed by atoms with Crippen molar-refractivity contribution in [3.05, 3.63) is 28.3 Å². The summed E-state index contributed by atoms with van der Waals surface area (Å²) in [4.78, 5) is 0. The number of nitrogens with two attached hydrogens (primary N) is 1. The number of halogens is 1. The molecule has 0 heterocycles. The number of ether oxygens (including phenoxy) is 1. The first kappa shape index (κ1) is 11.7. The molecule has 0 spiro atoms. The van der Waals surface area contributed by atoms with Gasteiger partial charge >= 0.3 is 0 Å². The lowest BCUT2D eigenvalue weighted by Crippen LogP contribution is -2.41. The number of benzene rings is 1. The molecule has 2 rings (SSSR count). The molecular formula is C13H18ClNO. The van der Waals surface area contributed by atoms with Gasteiger partial charge < -0.3 is 10.5 Å². The summed E-state index contributed by atoms with van der Waals surface area (Å²) in [5, 5.41) is 0.772. The maximum Gasteiger partial charge on any atom is 0.123 e. The van der Waals surface area contributed by atoms with Gasteiger partial charge in [-0.1, -0.05) is 18.0 Å². The van der Waals surface area contributed by atoms with Gasteiger partial charge in [0.1, 0.15) is 5.75 Å². The van der Waals surface area contributed by atoms with Crippen molar-refractivity contribution in [1.29, 1.82) is 0 Å². The van der Waals surface area contributed by atoms with Crippen LogP contribution in [0.4, 0.5) is 0 Å². The van der Waals surface area contributed by atoms with Crippen LogP contribution in [-0.2, 0) is 5.41 Å². The molecule has 0 bridgehead atoms. The van der Waals surface area contributed by atoms with Crippen LogP contribution < -0.4 is 10.5 Å². The molecule has 16 heavy (non-hydrogen) atoms. The predicted molar refractivity (Wildman–Crippen MR) is 67.3 cm³/mol. The summed E-state index contributed by atoms with van der Waals surface area (Å²) in [6.45, 7) is 2.66. The zero-order valence-corrected chi connectivity index (χ0v) is 10.6. The van der Waals surface area contributed by atoms with Gasteiger partial charge in [-0.3, -0.25) is 0 Å². The fourth-order valence-corrected chi connectivity index (χ4v) is 2.60. The van der Waals surface area contributed by atoms with Gasteiger partial charge in [0.25, 0.3) is 0 Å². The highest BCUT2D eigenvalue weighted by Gasteiger charge is 2.37. The molecule has 1 aromatic carbocycles. The Morgan fingerprint density at radius 1 is 1.44 bits per heavy atom. The average Bonchev–Trinajstić information content (AvgIpc) is 2.22. The van der Waals surface area contributed by atoms with E-state index in [1.807, 2.05) is 13.0 Å². The Balaban J connectivity index is 2.45. The van der Waals surface area contributed by atoms with Crippen molar-refractivity contribution in [2.24, 2.45) is 5.73 Å².